The van der Waals surface area contributed by atoms with E-state index in [9.17, 15) is 19.8 Å². The van der Waals surface area contributed by atoms with Gasteiger partial charge in [0.15, 0.2) is 0 Å². The summed E-state index contributed by atoms with van der Waals surface area (Å²) in [5.41, 5.74) is 0. The van der Waals surface area contributed by atoms with Gasteiger partial charge in [-0.1, -0.05) is 211 Å². The second kappa shape index (κ2) is 46.8. The van der Waals surface area contributed by atoms with Crippen molar-refractivity contribution in [2.75, 3.05) is 13.2 Å². The van der Waals surface area contributed by atoms with Crippen LogP contribution in [0.1, 0.15) is 251 Å². The first-order valence-electron chi connectivity index (χ1n) is 24.8. The number of hydrogen-bond acceptors (Lipinski definition) is 5. The Balaban J connectivity index is 3.51. The fourth-order valence-electron chi connectivity index (χ4n) is 7.33. The van der Waals surface area contributed by atoms with Gasteiger partial charge in [-0.3, -0.25) is 9.59 Å². The summed E-state index contributed by atoms with van der Waals surface area (Å²) in [6.07, 6.45) is 55.8. The second-order valence-electron chi connectivity index (χ2n) is 16.8. The molecule has 6 nitrogen and oxygen atoms in total. The number of unbranched alkanes of at least 4 members (excludes halogenated alkanes) is 31. The van der Waals surface area contributed by atoms with E-state index in [0.717, 1.165) is 77.0 Å². The van der Waals surface area contributed by atoms with Gasteiger partial charge in [-0.2, -0.15) is 0 Å². The van der Waals surface area contributed by atoms with Crippen LogP contribution in [0, 0.1) is 0 Å². The van der Waals surface area contributed by atoms with Crippen LogP contribution in [0.2, 0.25) is 0 Å². The smallest absolute Gasteiger partial charge is 0.305 e. The Hall–Kier alpha value is -1.92. The lowest BCUT2D eigenvalue weighted by Crippen LogP contribution is -2.45. The Labute approximate surface area is 353 Å². The number of ether oxygens (including phenoxy) is 1. The van der Waals surface area contributed by atoms with Crippen LogP contribution < -0.4 is 5.32 Å². The average Bonchev–Trinajstić information content (AvgIpc) is 3.21. The van der Waals surface area contributed by atoms with Crippen molar-refractivity contribution in [1.82, 2.24) is 5.32 Å². The summed E-state index contributed by atoms with van der Waals surface area (Å²) in [7, 11) is 0. The fourth-order valence-corrected chi connectivity index (χ4v) is 7.33. The fraction of sp³-hybridized carbons (Fsp3) is 0.843. The van der Waals surface area contributed by atoms with E-state index in [1.54, 1.807) is 6.08 Å². The topological polar surface area (TPSA) is 95.9 Å². The summed E-state index contributed by atoms with van der Waals surface area (Å²) in [4.78, 5) is 24.4. The maximum atomic E-state index is 12.3. The predicted molar refractivity (Wildman–Crippen MR) is 246 cm³/mol. The van der Waals surface area contributed by atoms with E-state index in [2.05, 4.69) is 43.5 Å². The zero-order valence-electron chi connectivity index (χ0n) is 37.8. The number of carbonyl (C=O) groups is 2. The molecule has 57 heavy (non-hydrogen) atoms. The maximum absolute atomic E-state index is 12.3. The van der Waals surface area contributed by atoms with Crippen LogP contribution in [0.3, 0.4) is 0 Å². The van der Waals surface area contributed by atoms with Gasteiger partial charge in [-0.05, 0) is 64.2 Å². The van der Waals surface area contributed by atoms with Crippen molar-refractivity contribution in [1.29, 1.82) is 0 Å². The molecule has 3 N–H and O–H groups in total. The Kier molecular flexibility index (Phi) is 45.2. The van der Waals surface area contributed by atoms with Gasteiger partial charge in [-0.15, -0.1) is 0 Å². The number of carbonyl (C=O) groups excluding carboxylic acids is 2. The highest BCUT2D eigenvalue weighted by Crippen LogP contribution is 2.15. The minimum Gasteiger partial charge on any atom is -0.466 e. The van der Waals surface area contributed by atoms with E-state index < -0.39 is 12.1 Å². The average molecular weight is 802 g/mol. The number of nitrogens with one attached hydrogen (secondary N) is 1. The third-order valence-electron chi connectivity index (χ3n) is 11.2. The molecule has 0 aromatic heterocycles. The quantitative estimate of drug-likeness (QED) is 0.0247. The number of esters is 1. The first-order valence-corrected chi connectivity index (χ1v) is 24.8. The molecule has 0 aliphatic heterocycles. The van der Waals surface area contributed by atoms with E-state index >= 15 is 0 Å². The molecule has 0 heterocycles. The van der Waals surface area contributed by atoms with Crippen LogP contribution >= 0.6 is 0 Å². The normalized spacial score (nSPS) is 13.0. The lowest BCUT2D eigenvalue weighted by atomic mass is 10.0. The molecule has 0 aliphatic rings. The Morgan fingerprint density at radius 3 is 1.30 bits per heavy atom. The molecule has 2 atom stereocenters. The van der Waals surface area contributed by atoms with E-state index in [-0.39, 0.29) is 18.5 Å². The van der Waals surface area contributed by atoms with Crippen molar-refractivity contribution in [2.24, 2.45) is 0 Å². The number of rotatable bonds is 45. The molecule has 0 saturated carbocycles. The number of aliphatic hydroxyl groups excluding tert-OH is 2. The molecule has 0 fully saturated rings. The Morgan fingerprint density at radius 2 is 0.860 bits per heavy atom. The minimum absolute atomic E-state index is 0.0205. The summed E-state index contributed by atoms with van der Waals surface area (Å²) in [6, 6.07) is -0.642. The molecule has 0 aromatic carbocycles. The van der Waals surface area contributed by atoms with Crippen LogP contribution in [-0.2, 0) is 14.3 Å². The summed E-state index contributed by atoms with van der Waals surface area (Å²) < 4.78 is 5.44. The zero-order valence-corrected chi connectivity index (χ0v) is 37.8. The van der Waals surface area contributed by atoms with Crippen LogP contribution in [0.5, 0.6) is 0 Å². The van der Waals surface area contributed by atoms with Gasteiger partial charge in [-0.25, -0.2) is 0 Å². The minimum atomic E-state index is -0.856. The number of aliphatic hydroxyl groups is 2. The van der Waals surface area contributed by atoms with Crippen LogP contribution in [0.25, 0.3) is 0 Å². The Bertz CT molecular complexity index is 931. The molecule has 0 radical (unpaired) electrons. The van der Waals surface area contributed by atoms with E-state index in [4.69, 9.17) is 4.74 Å². The van der Waals surface area contributed by atoms with Crippen molar-refractivity contribution in [2.45, 2.75) is 264 Å². The molecule has 0 bridgehead atoms. The van der Waals surface area contributed by atoms with Crippen LogP contribution in [0.15, 0.2) is 36.5 Å². The van der Waals surface area contributed by atoms with Gasteiger partial charge in [0.05, 0.1) is 25.4 Å². The van der Waals surface area contributed by atoms with Gasteiger partial charge in [0.25, 0.3) is 0 Å². The summed E-state index contributed by atoms with van der Waals surface area (Å²) in [6.45, 7) is 4.81. The highest BCUT2D eigenvalue weighted by Gasteiger charge is 2.18. The van der Waals surface area contributed by atoms with Crippen molar-refractivity contribution < 1.29 is 24.5 Å². The third kappa shape index (κ3) is 43.5. The molecule has 0 spiro atoms. The number of allylic oxidation sites excluding steroid dienone is 5. The monoisotopic (exact) mass is 802 g/mol. The Morgan fingerprint density at radius 1 is 0.491 bits per heavy atom. The van der Waals surface area contributed by atoms with Gasteiger partial charge in [0.2, 0.25) is 5.91 Å². The molecular weight excluding hydrogens is 707 g/mol. The zero-order chi connectivity index (χ0) is 41.5. The lowest BCUT2D eigenvalue weighted by Gasteiger charge is -2.20. The molecule has 0 aliphatic carbocycles. The summed E-state index contributed by atoms with van der Waals surface area (Å²) in [5, 5.41) is 22.9. The molecule has 0 rings (SSSR count). The van der Waals surface area contributed by atoms with E-state index in [0.29, 0.717) is 19.4 Å². The molecule has 6 heteroatoms. The van der Waals surface area contributed by atoms with Crippen molar-refractivity contribution in [3.05, 3.63) is 36.5 Å². The van der Waals surface area contributed by atoms with E-state index in [1.165, 1.54) is 148 Å². The van der Waals surface area contributed by atoms with Crippen LogP contribution in [0.4, 0.5) is 0 Å². The molecule has 334 valence electrons. The third-order valence-corrected chi connectivity index (χ3v) is 11.2. The molecule has 1 amide bonds. The second-order valence-corrected chi connectivity index (χ2v) is 16.8. The molecule has 2 unspecified atom stereocenters. The molecule has 0 saturated heterocycles. The SMILES string of the molecule is CCCCCCCCC/C=C/C(O)C(CO)NC(=O)CCCCCCCC/C=C\C=C/CCCCCOC(=O)CCCCCCCCCCCCCCCCCC. The van der Waals surface area contributed by atoms with Gasteiger partial charge in [0.1, 0.15) is 0 Å². The van der Waals surface area contributed by atoms with Crippen molar-refractivity contribution >= 4 is 11.9 Å². The lowest BCUT2D eigenvalue weighted by molar-refractivity contribution is -0.143. The predicted octanol–water partition coefficient (Wildman–Crippen LogP) is 14.5. The van der Waals surface area contributed by atoms with E-state index in [1.807, 2.05) is 6.08 Å². The van der Waals surface area contributed by atoms with Gasteiger partial charge in [0, 0.05) is 12.8 Å². The molecule has 0 aromatic rings. The largest absolute Gasteiger partial charge is 0.466 e. The van der Waals surface area contributed by atoms with Crippen molar-refractivity contribution in [3.63, 3.8) is 0 Å². The standard InChI is InChI=1S/C51H95NO5/c1-3-5-7-9-11-13-14-15-16-19-22-25-29-33-37-41-45-51(56)57-46-42-38-34-30-26-23-20-17-18-21-24-28-32-36-40-44-50(55)52-48(47-53)49(54)43-39-35-31-27-12-10-8-6-4-2/h17,20,23,26,39,43,48-49,53-54H,3-16,18-19,21-22,24-25,27-38,40-42,44-47H2,1-2H3,(H,52,55)/b20-17-,26-23-,43-39+. The first kappa shape index (κ1) is 55.1. The highest BCUT2D eigenvalue weighted by atomic mass is 16.5. The summed E-state index contributed by atoms with van der Waals surface area (Å²) in [5.74, 6) is -0.115. The molecular formula is C51H95NO5. The van der Waals surface area contributed by atoms with Crippen LogP contribution in [-0.4, -0.2) is 47.4 Å². The van der Waals surface area contributed by atoms with Gasteiger partial charge >= 0.3 is 5.97 Å². The van der Waals surface area contributed by atoms with Crippen molar-refractivity contribution in [3.8, 4) is 0 Å². The highest BCUT2D eigenvalue weighted by molar-refractivity contribution is 5.76. The number of amides is 1. The first-order chi connectivity index (χ1) is 28.0. The van der Waals surface area contributed by atoms with Gasteiger partial charge < -0.3 is 20.3 Å². The summed E-state index contributed by atoms with van der Waals surface area (Å²) >= 11 is 0. The number of hydrogen-bond donors (Lipinski definition) is 3. The maximum Gasteiger partial charge on any atom is 0.305 e.